The zero-order chi connectivity index (χ0) is 25.5. The van der Waals surface area contributed by atoms with Crippen molar-refractivity contribution in [3.63, 3.8) is 0 Å². The Hall–Kier alpha value is -3.27. The molecule has 0 radical (unpaired) electrons. The molecule has 0 unspecified atom stereocenters. The maximum atomic E-state index is 12.5. The van der Waals surface area contributed by atoms with E-state index in [-0.39, 0.29) is 22.4 Å². The highest BCUT2D eigenvalue weighted by atomic mass is 32.2. The third kappa shape index (κ3) is 7.35. The average Bonchev–Trinajstić information content (AvgIpc) is 3.23. The molecule has 10 heteroatoms. The van der Waals surface area contributed by atoms with E-state index in [1.54, 1.807) is 35.2 Å². The number of amides is 2. The molecule has 0 spiro atoms. The molecule has 1 heterocycles. The van der Waals surface area contributed by atoms with E-state index in [0.717, 1.165) is 18.2 Å². The molecule has 0 bridgehead atoms. The molecule has 0 aliphatic carbocycles. The van der Waals surface area contributed by atoms with Crippen LogP contribution < -0.4 is 10.1 Å². The zero-order valence-corrected chi connectivity index (χ0v) is 20.4. The van der Waals surface area contributed by atoms with E-state index in [2.05, 4.69) is 5.32 Å². The highest BCUT2D eigenvalue weighted by molar-refractivity contribution is 8.26. The topological polar surface area (TPSA) is 106 Å². The van der Waals surface area contributed by atoms with Crippen molar-refractivity contribution < 1.29 is 23.1 Å². The fraction of sp³-hybridized carbons (Fsp3) is 0.360. The summed E-state index contributed by atoms with van der Waals surface area (Å²) in [6, 6.07) is 11.4. The second-order valence-corrected chi connectivity index (χ2v) is 9.47. The quantitative estimate of drug-likeness (QED) is 0.320. The molecule has 1 aliphatic rings. The molecule has 3 rings (SSSR count). The summed E-state index contributed by atoms with van der Waals surface area (Å²) in [6.07, 6.45) is -1.39. The van der Waals surface area contributed by atoms with Crippen molar-refractivity contribution in [2.75, 3.05) is 13.1 Å². The van der Waals surface area contributed by atoms with Crippen LogP contribution in [-0.4, -0.2) is 46.3 Å². The highest BCUT2D eigenvalue weighted by Gasteiger charge is 2.22. The first-order valence-electron chi connectivity index (χ1n) is 11.2. The highest BCUT2D eigenvalue weighted by Crippen LogP contribution is 2.30. The van der Waals surface area contributed by atoms with Gasteiger partial charge in [0.25, 0.3) is 12.3 Å². The summed E-state index contributed by atoms with van der Waals surface area (Å²) in [4.78, 5) is 26.1. The molecule has 0 aromatic heterocycles. The number of likely N-dealkylation sites (tertiary alicyclic amines) is 1. The maximum absolute atomic E-state index is 12.5. The van der Waals surface area contributed by atoms with Crippen LogP contribution in [0.1, 0.15) is 48.2 Å². The van der Waals surface area contributed by atoms with Gasteiger partial charge >= 0.3 is 0 Å². The second kappa shape index (κ2) is 11.9. The van der Waals surface area contributed by atoms with E-state index in [1.807, 2.05) is 13.8 Å². The zero-order valence-electron chi connectivity index (χ0n) is 19.6. The lowest BCUT2D eigenvalue weighted by molar-refractivity contribution is -0.128. The standard InChI is InChI=1S/C25H28F2N4O3S/c1-15(2)23(28)35-24(29)16-7-9-19(10-8-16)34-20-12-17(25(33)30-13-21(26)27)5-6-18(20)14-31-11-3-4-22(31)32/h5-10,12,15,21,28-29H,3-4,11,13-14H2,1-2H3,(H,30,33). The Morgan fingerprint density at radius 3 is 2.43 bits per heavy atom. The molecular formula is C25H28F2N4O3S. The first kappa shape index (κ1) is 26.3. The van der Waals surface area contributed by atoms with Crippen LogP contribution in [0, 0.1) is 16.7 Å². The van der Waals surface area contributed by atoms with Crippen LogP contribution in [-0.2, 0) is 11.3 Å². The summed E-state index contributed by atoms with van der Waals surface area (Å²) in [5.74, 6) is 0.223. The summed E-state index contributed by atoms with van der Waals surface area (Å²) in [5.41, 5.74) is 1.48. The van der Waals surface area contributed by atoms with Gasteiger partial charge in [-0.3, -0.25) is 20.4 Å². The third-order valence-electron chi connectivity index (χ3n) is 5.36. The molecule has 0 saturated carbocycles. The van der Waals surface area contributed by atoms with Gasteiger partial charge in [0.15, 0.2) is 0 Å². The SMILES string of the molecule is CC(C)C(=N)SC(=N)c1ccc(Oc2cc(C(=O)NCC(F)F)ccc2CN2CCCC2=O)cc1. The van der Waals surface area contributed by atoms with Crippen LogP contribution in [0.15, 0.2) is 42.5 Å². The van der Waals surface area contributed by atoms with E-state index in [4.69, 9.17) is 15.6 Å². The number of nitrogens with one attached hydrogen (secondary N) is 3. The molecule has 3 N–H and O–H groups in total. The van der Waals surface area contributed by atoms with Crippen LogP contribution >= 0.6 is 11.8 Å². The fourth-order valence-electron chi connectivity index (χ4n) is 3.36. The van der Waals surface area contributed by atoms with Crippen LogP contribution in [0.2, 0.25) is 0 Å². The second-order valence-electron chi connectivity index (χ2n) is 8.42. The number of hydrogen-bond acceptors (Lipinski definition) is 6. The maximum Gasteiger partial charge on any atom is 0.255 e. The van der Waals surface area contributed by atoms with Crippen molar-refractivity contribution in [2.24, 2.45) is 5.92 Å². The van der Waals surface area contributed by atoms with E-state index in [0.29, 0.717) is 47.2 Å². The minimum absolute atomic E-state index is 0.0361. The lowest BCUT2D eigenvalue weighted by atomic mass is 10.1. The van der Waals surface area contributed by atoms with Gasteiger partial charge in [-0.05, 0) is 42.8 Å². The fourth-order valence-corrected chi connectivity index (χ4v) is 4.07. The van der Waals surface area contributed by atoms with Crippen LogP contribution in [0.3, 0.4) is 0 Å². The first-order chi connectivity index (χ1) is 16.6. The minimum Gasteiger partial charge on any atom is -0.457 e. The largest absolute Gasteiger partial charge is 0.457 e. The van der Waals surface area contributed by atoms with Gasteiger partial charge in [-0.15, -0.1) is 0 Å². The number of hydrogen-bond donors (Lipinski definition) is 3. The number of nitrogens with zero attached hydrogens (tertiary/aromatic N) is 1. The molecule has 2 aromatic carbocycles. The summed E-state index contributed by atoms with van der Waals surface area (Å²) in [6.45, 7) is 3.99. The van der Waals surface area contributed by atoms with Gasteiger partial charge < -0.3 is 15.0 Å². The van der Waals surface area contributed by atoms with E-state index in [1.165, 1.54) is 12.1 Å². The molecule has 7 nitrogen and oxygen atoms in total. The van der Waals surface area contributed by atoms with Gasteiger partial charge in [0.1, 0.15) is 16.5 Å². The summed E-state index contributed by atoms with van der Waals surface area (Å²) in [5, 5.41) is 19.0. The number of alkyl halides is 2. The number of carbonyl (C=O) groups is 2. The predicted molar refractivity (Wildman–Crippen MR) is 133 cm³/mol. The Morgan fingerprint density at radius 2 is 1.83 bits per heavy atom. The van der Waals surface area contributed by atoms with Crippen LogP contribution in [0.25, 0.3) is 0 Å². The molecule has 1 saturated heterocycles. The van der Waals surface area contributed by atoms with Gasteiger partial charge in [-0.25, -0.2) is 8.78 Å². The molecule has 35 heavy (non-hydrogen) atoms. The lowest BCUT2D eigenvalue weighted by Crippen LogP contribution is -2.28. The van der Waals surface area contributed by atoms with Gasteiger partial charge in [-0.1, -0.05) is 31.7 Å². The van der Waals surface area contributed by atoms with E-state index >= 15 is 0 Å². The van der Waals surface area contributed by atoms with Gasteiger partial charge in [0.2, 0.25) is 5.91 Å². The van der Waals surface area contributed by atoms with Crippen molar-refractivity contribution >= 4 is 33.7 Å². The summed E-state index contributed by atoms with van der Waals surface area (Å²) >= 11 is 1.09. The van der Waals surface area contributed by atoms with E-state index in [9.17, 15) is 18.4 Å². The minimum atomic E-state index is -2.66. The Labute approximate surface area is 207 Å². The Kier molecular flexibility index (Phi) is 8.97. The first-order valence-corrected chi connectivity index (χ1v) is 12.1. The number of halogens is 2. The van der Waals surface area contributed by atoms with Gasteiger partial charge in [-0.2, -0.15) is 0 Å². The third-order valence-corrected chi connectivity index (χ3v) is 6.49. The Balaban J connectivity index is 1.81. The molecule has 1 fully saturated rings. The number of rotatable bonds is 9. The Bertz CT molecular complexity index is 1110. The number of thioether (sulfide) groups is 1. The monoisotopic (exact) mass is 502 g/mol. The summed E-state index contributed by atoms with van der Waals surface area (Å²) < 4.78 is 31.0. The predicted octanol–water partition coefficient (Wildman–Crippen LogP) is 5.29. The lowest BCUT2D eigenvalue weighted by Gasteiger charge is -2.19. The smallest absolute Gasteiger partial charge is 0.255 e. The van der Waals surface area contributed by atoms with Crippen molar-refractivity contribution in [3.8, 4) is 11.5 Å². The Morgan fingerprint density at radius 1 is 1.14 bits per heavy atom. The van der Waals surface area contributed by atoms with Crippen molar-refractivity contribution in [3.05, 3.63) is 59.2 Å². The van der Waals surface area contributed by atoms with Crippen molar-refractivity contribution in [2.45, 2.75) is 39.7 Å². The number of ether oxygens (including phenoxy) is 1. The van der Waals surface area contributed by atoms with Crippen LogP contribution in [0.5, 0.6) is 11.5 Å². The number of carbonyl (C=O) groups excluding carboxylic acids is 2. The molecule has 2 amide bonds. The van der Waals surface area contributed by atoms with Crippen molar-refractivity contribution in [1.29, 1.82) is 10.8 Å². The van der Waals surface area contributed by atoms with Gasteiger partial charge in [0, 0.05) is 42.1 Å². The van der Waals surface area contributed by atoms with Gasteiger partial charge in [0.05, 0.1) is 11.6 Å². The molecule has 0 atom stereocenters. The molecular weight excluding hydrogens is 474 g/mol. The average molecular weight is 503 g/mol. The normalized spacial score (nSPS) is 13.4. The molecule has 186 valence electrons. The van der Waals surface area contributed by atoms with Crippen LogP contribution in [0.4, 0.5) is 8.78 Å². The molecule has 1 aliphatic heterocycles. The number of benzene rings is 2. The summed E-state index contributed by atoms with van der Waals surface area (Å²) in [7, 11) is 0. The van der Waals surface area contributed by atoms with Crippen molar-refractivity contribution in [1.82, 2.24) is 10.2 Å². The molecule has 2 aromatic rings. The van der Waals surface area contributed by atoms with E-state index < -0.39 is 18.9 Å².